The molecule has 0 aliphatic rings. The fraction of sp³-hybridized carbons (Fsp3) is 0.167. The molecule has 0 bridgehead atoms. The second-order valence-electron chi connectivity index (χ2n) is 3.54. The Labute approximate surface area is 109 Å². The van der Waals surface area contributed by atoms with Gasteiger partial charge >= 0.3 is 5.97 Å². The van der Waals surface area contributed by atoms with Gasteiger partial charge < -0.3 is 9.84 Å². The molecule has 0 fully saturated rings. The second-order valence-corrected chi connectivity index (χ2v) is 3.95. The smallest absolute Gasteiger partial charge is 0.339 e. The fourth-order valence-corrected chi connectivity index (χ4v) is 1.73. The van der Waals surface area contributed by atoms with Gasteiger partial charge in [0.25, 0.3) is 0 Å². The van der Waals surface area contributed by atoms with E-state index in [1.54, 1.807) is 35.3 Å². The van der Waals surface area contributed by atoms with Crippen molar-refractivity contribution in [2.45, 2.75) is 6.54 Å². The Hall–Kier alpha value is -2.01. The van der Waals surface area contributed by atoms with E-state index in [1.807, 2.05) is 0 Å². The number of hydrogen-bond donors (Lipinski definition) is 1. The summed E-state index contributed by atoms with van der Waals surface area (Å²) in [5, 5.41) is 13.3. The number of carboxylic acid groups (broad SMARTS) is 1. The van der Waals surface area contributed by atoms with E-state index in [9.17, 15) is 4.79 Å². The number of ether oxygens (including phenoxy) is 1. The third-order valence-electron chi connectivity index (χ3n) is 2.32. The maximum atomic E-state index is 11.0. The zero-order valence-electron chi connectivity index (χ0n) is 9.41. The predicted molar refractivity (Wildman–Crippen MR) is 66.1 cm³/mol. The SMILES string of the molecule is O=C(O)c1cccc(Cl)c1OCCn1cccn1. The van der Waals surface area contributed by atoms with E-state index in [1.165, 1.54) is 6.07 Å². The van der Waals surface area contributed by atoms with Crippen LogP contribution in [0.15, 0.2) is 36.7 Å². The van der Waals surface area contributed by atoms with Gasteiger partial charge in [-0.1, -0.05) is 17.7 Å². The van der Waals surface area contributed by atoms with Gasteiger partial charge in [0.05, 0.1) is 11.6 Å². The number of carbonyl (C=O) groups is 1. The normalized spacial score (nSPS) is 10.3. The summed E-state index contributed by atoms with van der Waals surface area (Å²) in [6, 6.07) is 6.43. The average molecular weight is 267 g/mol. The highest BCUT2D eigenvalue weighted by molar-refractivity contribution is 6.32. The van der Waals surface area contributed by atoms with E-state index in [0.29, 0.717) is 13.2 Å². The minimum Gasteiger partial charge on any atom is -0.489 e. The number of hydrogen-bond acceptors (Lipinski definition) is 3. The molecule has 5 nitrogen and oxygen atoms in total. The van der Waals surface area contributed by atoms with Crippen LogP contribution in [-0.2, 0) is 6.54 Å². The van der Waals surface area contributed by atoms with Crippen LogP contribution in [0.4, 0.5) is 0 Å². The van der Waals surface area contributed by atoms with E-state index in [4.69, 9.17) is 21.4 Å². The van der Waals surface area contributed by atoms with E-state index >= 15 is 0 Å². The molecule has 18 heavy (non-hydrogen) atoms. The van der Waals surface area contributed by atoms with Crippen LogP contribution in [0, 0.1) is 0 Å². The van der Waals surface area contributed by atoms with E-state index in [0.717, 1.165) is 0 Å². The van der Waals surface area contributed by atoms with Crippen molar-refractivity contribution in [3.8, 4) is 5.75 Å². The molecule has 2 aromatic rings. The number of carboxylic acids is 1. The Kier molecular flexibility index (Phi) is 3.84. The van der Waals surface area contributed by atoms with Gasteiger partial charge in [0.2, 0.25) is 0 Å². The molecule has 1 aromatic heterocycles. The van der Waals surface area contributed by atoms with Crippen molar-refractivity contribution >= 4 is 17.6 Å². The highest BCUT2D eigenvalue weighted by atomic mass is 35.5. The van der Waals surface area contributed by atoms with Crippen LogP contribution in [0.1, 0.15) is 10.4 Å². The Balaban J connectivity index is 2.06. The molecule has 0 aliphatic heterocycles. The van der Waals surface area contributed by atoms with Crippen molar-refractivity contribution < 1.29 is 14.6 Å². The van der Waals surface area contributed by atoms with Crippen LogP contribution in [0.5, 0.6) is 5.75 Å². The second kappa shape index (κ2) is 5.55. The van der Waals surface area contributed by atoms with Crippen LogP contribution >= 0.6 is 11.6 Å². The minimum absolute atomic E-state index is 0.0583. The molecule has 0 spiro atoms. The van der Waals surface area contributed by atoms with Gasteiger partial charge in [-0.3, -0.25) is 4.68 Å². The molecule has 94 valence electrons. The number of nitrogens with zero attached hydrogens (tertiary/aromatic N) is 2. The number of rotatable bonds is 5. The van der Waals surface area contributed by atoms with Crippen LogP contribution in [-0.4, -0.2) is 27.5 Å². The maximum Gasteiger partial charge on any atom is 0.339 e. The average Bonchev–Trinajstić information content (AvgIpc) is 2.84. The van der Waals surface area contributed by atoms with Crippen molar-refractivity contribution in [3.05, 3.63) is 47.2 Å². The van der Waals surface area contributed by atoms with Crippen molar-refractivity contribution in [2.24, 2.45) is 0 Å². The van der Waals surface area contributed by atoms with Gasteiger partial charge in [-0.05, 0) is 18.2 Å². The lowest BCUT2D eigenvalue weighted by atomic mass is 10.2. The van der Waals surface area contributed by atoms with E-state index < -0.39 is 5.97 Å². The fourth-order valence-electron chi connectivity index (χ4n) is 1.50. The van der Waals surface area contributed by atoms with Gasteiger partial charge in [-0.25, -0.2) is 4.79 Å². The largest absolute Gasteiger partial charge is 0.489 e. The Morgan fingerprint density at radius 1 is 1.44 bits per heavy atom. The first kappa shape index (κ1) is 12.4. The lowest BCUT2D eigenvalue weighted by molar-refractivity contribution is 0.0692. The number of halogens is 1. The van der Waals surface area contributed by atoms with Crippen LogP contribution in [0.25, 0.3) is 0 Å². The topological polar surface area (TPSA) is 64.3 Å². The minimum atomic E-state index is -1.06. The Morgan fingerprint density at radius 3 is 2.94 bits per heavy atom. The molecule has 0 saturated heterocycles. The molecule has 0 amide bonds. The molecule has 0 aliphatic carbocycles. The van der Waals surface area contributed by atoms with Gasteiger partial charge in [0.15, 0.2) is 5.75 Å². The lowest BCUT2D eigenvalue weighted by Gasteiger charge is -2.10. The molecular formula is C12H11ClN2O3. The summed E-state index contributed by atoms with van der Waals surface area (Å²) in [6.45, 7) is 0.822. The monoisotopic (exact) mass is 266 g/mol. The molecule has 2 rings (SSSR count). The molecule has 0 radical (unpaired) electrons. The van der Waals surface area contributed by atoms with Crippen molar-refractivity contribution in [1.82, 2.24) is 9.78 Å². The lowest BCUT2D eigenvalue weighted by Crippen LogP contribution is -2.11. The van der Waals surface area contributed by atoms with Gasteiger partial charge in [0.1, 0.15) is 12.2 Å². The number of benzene rings is 1. The van der Waals surface area contributed by atoms with E-state index in [2.05, 4.69) is 5.10 Å². The third kappa shape index (κ3) is 2.81. The first-order valence-corrected chi connectivity index (χ1v) is 5.68. The van der Waals surface area contributed by atoms with Crippen molar-refractivity contribution in [3.63, 3.8) is 0 Å². The Bertz CT molecular complexity index is 540. The first-order valence-electron chi connectivity index (χ1n) is 5.30. The van der Waals surface area contributed by atoms with Gasteiger partial charge in [-0.15, -0.1) is 0 Å². The highest BCUT2D eigenvalue weighted by Gasteiger charge is 2.14. The molecule has 6 heteroatoms. The molecule has 0 atom stereocenters. The standard InChI is InChI=1S/C12H11ClN2O3/c13-10-4-1-3-9(12(16)17)11(10)18-8-7-15-6-2-5-14-15/h1-6H,7-8H2,(H,16,17). The Morgan fingerprint density at radius 2 is 2.28 bits per heavy atom. The van der Waals surface area contributed by atoms with Crippen LogP contribution < -0.4 is 4.74 Å². The summed E-state index contributed by atoms with van der Waals surface area (Å²) >= 11 is 5.92. The summed E-state index contributed by atoms with van der Waals surface area (Å²) in [4.78, 5) is 11.0. The summed E-state index contributed by atoms with van der Waals surface area (Å²) in [5.74, 6) is -0.870. The zero-order chi connectivity index (χ0) is 13.0. The molecule has 1 N–H and O–H groups in total. The molecule has 0 saturated carbocycles. The van der Waals surface area contributed by atoms with Crippen LogP contribution in [0.3, 0.4) is 0 Å². The maximum absolute atomic E-state index is 11.0. The number of aromatic nitrogens is 2. The molecule has 1 aromatic carbocycles. The van der Waals surface area contributed by atoms with Gasteiger partial charge in [-0.2, -0.15) is 5.10 Å². The first-order chi connectivity index (χ1) is 8.68. The van der Waals surface area contributed by atoms with Crippen LogP contribution in [0.2, 0.25) is 5.02 Å². The molecule has 1 heterocycles. The summed E-state index contributed by atoms with van der Waals surface area (Å²) in [6.07, 6.45) is 3.46. The van der Waals surface area contributed by atoms with Crippen molar-refractivity contribution in [1.29, 1.82) is 0 Å². The van der Waals surface area contributed by atoms with E-state index in [-0.39, 0.29) is 16.3 Å². The summed E-state index contributed by atoms with van der Waals surface area (Å²) in [7, 11) is 0. The van der Waals surface area contributed by atoms with Crippen molar-refractivity contribution in [2.75, 3.05) is 6.61 Å². The summed E-state index contributed by atoms with van der Waals surface area (Å²) < 4.78 is 7.12. The zero-order valence-corrected chi connectivity index (χ0v) is 10.2. The number of aromatic carboxylic acids is 1. The summed E-state index contributed by atoms with van der Waals surface area (Å²) in [5.41, 5.74) is 0.0583. The predicted octanol–water partition coefficient (Wildman–Crippen LogP) is 2.31. The molecule has 0 unspecified atom stereocenters. The number of para-hydroxylation sites is 1. The third-order valence-corrected chi connectivity index (χ3v) is 2.62. The highest BCUT2D eigenvalue weighted by Crippen LogP contribution is 2.28. The molecular weight excluding hydrogens is 256 g/mol. The van der Waals surface area contributed by atoms with Gasteiger partial charge in [0, 0.05) is 12.4 Å². The quantitative estimate of drug-likeness (QED) is 0.902.